The van der Waals surface area contributed by atoms with Crippen LogP contribution in [-0.4, -0.2) is 49.7 Å². The highest BCUT2D eigenvalue weighted by Gasteiger charge is 2.32. The highest BCUT2D eigenvalue weighted by atomic mass is 35.5. The van der Waals surface area contributed by atoms with Crippen LogP contribution < -0.4 is 0 Å². The normalized spacial score (nSPS) is 20.2. The van der Waals surface area contributed by atoms with Gasteiger partial charge in [-0.15, -0.1) is 0 Å². The number of piperazine rings is 1. The SMILES string of the molecule is O=C(CC1CCc2ccccc21)N1CCN(S(=O)(=O)c2cccc(Cl)c2)CC1. The fraction of sp³-hybridized carbons (Fsp3) is 0.381. The Labute approximate surface area is 171 Å². The van der Waals surface area contributed by atoms with Crippen molar-refractivity contribution in [3.8, 4) is 0 Å². The molecule has 2 aliphatic rings. The number of hydrogen-bond donors (Lipinski definition) is 0. The zero-order chi connectivity index (χ0) is 19.7. The van der Waals surface area contributed by atoms with Crippen LogP contribution in [0.1, 0.15) is 29.9 Å². The lowest BCUT2D eigenvalue weighted by atomic mass is 9.97. The van der Waals surface area contributed by atoms with Crippen LogP contribution in [0.25, 0.3) is 0 Å². The molecule has 148 valence electrons. The van der Waals surface area contributed by atoms with Crippen molar-refractivity contribution in [2.45, 2.75) is 30.1 Å². The van der Waals surface area contributed by atoms with Crippen molar-refractivity contribution in [3.05, 3.63) is 64.7 Å². The molecular formula is C21H23ClN2O3S. The molecule has 2 aromatic rings. The van der Waals surface area contributed by atoms with Gasteiger partial charge in [-0.1, -0.05) is 41.9 Å². The molecule has 1 aliphatic heterocycles. The molecule has 4 rings (SSSR count). The number of benzene rings is 2. The first-order chi connectivity index (χ1) is 13.4. The first-order valence-corrected chi connectivity index (χ1v) is 11.4. The van der Waals surface area contributed by atoms with E-state index >= 15 is 0 Å². The maximum atomic E-state index is 12.8. The van der Waals surface area contributed by atoms with E-state index in [-0.39, 0.29) is 16.7 Å². The third kappa shape index (κ3) is 3.81. The Morgan fingerprint density at radius 2 is 1.79 bits per heavy atom. The van der Waals surface area contributed by atoms with Crippen LogP contribution in [-0.2, 0) is 21.2 Å². The lowest BCUT2D eigenvalue weighted by Gasteiger charge is -2.34. The van der Waals surface area contributed by atoms with Crippen LogP contribution in [0.15, 0.2) is 53.4 Å². The lowest BCUT2D eigenvalue weighted by Crippen LogP contribution is -2.50. The summed E-state index contributed by atoms with van der Waals surface area (Å²) < 4.78 is 27.0. The Morgan fingerprint density at radius 3 is 2.54 bits per heavy atom. The van der Waals surface area contributed by atoms with E-state index in [9.17, 15) is 13.2 Å². The number of hydrogen-bond acceptors (Lipinski definition) is 3. The molecule has 0 bridgehead atoms. The monoisotopic (exact) mass is 418 g/mol. The molecule has 1 saturated heterocycles. The molecule has 7 heteroatoms. The zero-order valence-corrected chi connectivity index (χ0v) is 17.1. The van der Waals surface area contributed by atoms with E-state index in [4.69, 9.17) is 11.6 Å². The molecule has 1 unspecified atom stereocenters. The van der Waals surface area contributed by atoms with Crippen molar-refractivity contribution in [3.63, 3.8) is 0 Å². The first kappa shape index (κ1) is 19.4. The second-order valence-electron chi connectivity index (χ2n) is 7.38. The molecule has 28 heavy (non-hydrogen) atoms. The predicted octanol–water partition coefficient (Wildman–Crippen LogP) is 3.29. The maximum absolute atomic E-state index is 12.8. The molecule has 1 atom stereocenters. The standard InChI is InChI=1S/C21H23ClN2O3S/c22-18-5-3-6-19(15-18)28(26,27)24-12-10-23(11-13-24)21(25)14-17-9-8-16-4-1-2-7-20(16)17/h1-7,15,17H,8-14H2. The Bertz CT molecular complexity index is 985. The minimum atomic E-state index is -3.59. The van der Waals surface area contributed by atoms with Crippen molar-refractivity contribution < 1.29 is 13.2 Å². The number of fused-ring (bicyclic) bond motifs is 1. The second kappa shape index (κ2) is 7.85. The summed E-state index contributed by atoms with van der Waals surface area (Å²) in [5.41, 5.74) is 2.63. The third-order valence-corrected chi connectivity index (χ3v) is 7.83. The van der Waals surface area contributed by atoms with Gasteiger partial charge in [-0.3, -0.25) is 4.79 Å². The van der Waals surface area contributed by atoms with Crippen LogP contribution in [0.3, 0.4) is 0 Å². The van der Waals surface area contributed by atoms with Crippen molar-refractivity contribution >= 4 is 27.5 Å². The molecule has 0 saturated carbocycles. The molecule has 1 fully saturated rings. The van der Waals surface area contributed by atoms with Gasteiger partial charge in [0.1, 0.15) is 0 Å². The summed E-state index contributed by atoms with van der Waals surface area (Å²) in [7, 11) is -3.59. The van der Waals surface area contributed by atoms with Gasteiger partial charge in [-0.2, -0.15) is 4.31 Å². The lowest BCUT2D eigenvalue weighted by molar-refractivity contribution is -0.132. The Kier molecular flexibility index (Phi) is 5.45. The average Bonchev–Trinajstić information content (AvgIpc) is 3.11. The van der Waals surface area contributed by atoms with Crippen LogP contribution in [0.5, 0.6) is 0 Å². The second-order valence-corrected chi connectivity index (χ2v) is 9.76. The van der Waals surface area contributed by atoms with Crippen LogP contribution in [0.2, 0.25) is 5.02 Å². The van der Waals surface area contributed by atoms with E-state index in [1.54, 1.807) is 23.1 Å². The number of carbonyl (C=O) groups excluding carboxylic acids is 1. The molecule has 1 aliphatic carbocycles. The Morgan fingerprint density at radius 1 is 1.04 bits per heavy atom. The van der Waals surface area contributed by atoms with Crippen LogP contribution in [0.4, 0.5) is 0 Å². The van der Waals surface area contributed by atoms with Gasteiger partial charge in [-0.25, -0.2) is 8.42 Å². The average molecular weight is 419 g/mol. The van der Waals surface area contributed by atoms with E-state index in [0.717, 1.165) is 12.8 Å². The molecule has 0 aromatic heterocycles. The van der Waals surface area contributed by atoms with Gasteiger partial charge in [-0.05, 0) is 48.1 Å². The van der Waals surface area contributed by atoms with Crippen LogP contribution >= 0.6 is 11.6 Å². The number of aryl methyl sites for hydroxylation is 1. The highest BCUT2D eigenvalue weighted by Crippen LogP contribution is 2.35. The molecule has 0 radical (unpaired) electrons. The number of rotatable bonds is 4. The molecular weight excluding hydrogens is 396 g/mol. The minimum absolute atomic E-state index is 0.113. The van der Waals surface area contributed by atoms with Crippen molar-refractivity contribution in [1.29, 1.82) is 0 Å². The van der Waals surface area contributed by atoms with Gasteiger partial charge >= 0.3 is 0 Å². The largest absolute Gasteiger partial charge is 0.340 e. The minimum Gasteiger partial charge on any atom is -0.340 e. The van der Waals surface area contributed by atoms with E-state index < -0.39 is 10.0 Å². The van der Waals surface area contributed by atoms with Crippen molar-refractivity contribution in [2.24, 2.45) is 0 Å². The number of halogens is 1. The smallest absolute Gasteiger partial charge is 0.243 e. The summed E-state index contributed by atoms with van der Waals surface area (Å²) in [6, 6.07) is 14.6. The molecule has 1 heterocycles. The summed E-state index contributed by atoms with van der Waals surface area (Å²) in [5.74, 6) is 0.387. The number of amides is 1. The van der Waals surface area contributed by atoms with Gasteiger partial charge in [0.25, 0.3) is 0 Å². The summed E-state index contributed by atoms with van der Waals surface area (Å²) in [6.07, 6.45) is 2.53. The number of nitrogens with zero attached hydrogens (tertiary/aromatic N) is 2. The van der Waals surface area contributed by atoms with Gasteiger partial charge in [0, 0.05) is 37.6 Å². The molecule has 2 aromatic carbocycles. The summed E-state index contributed by atoms with van der Waals surface area (Å²) in [6.45, 7) is 1.46. The third-order valence-electron chi connectivity index (χ3n) is 5.70. The predicted molar refractivity (Wildman–Crippen MR) is 109 cm³/mol. The molecule has 5 nitrogen and oxygen atoms in total. The quantitative estimate of drug-likeness (QED) is 0.765. The number of carbonyl (C=O) groups is 1. The number of sulfonamides is 1. The maximum Gasteiger partial charge on any atom is 0.243 e. The van der Waals surface area contributed by atoms with Gasteiger partial charge in [0.05, 0.1) is 4.90 Å². The molecule has 0 N–H and O–H groups in total. The van der Waals surface area contributed by atoms with Gasteiger partial charge in [0.15, 0.2) is 0 Å². The summed E-state index contributed by atoms with van der Waals surface area (Å²) >= 11 is 5.94. The zero-order valence-electron chi connectivity index (χ0n) is 15.6. The summed E-state index contributed by atoms with van der Waals surface area (Å²) in [5, 5.41) is 0.395. The Hall–Kier alpha value is -1.89. The van der Waals surface area contributed by atoms with E-state index in [1.807, 2.05) is 12.1 Å². The highest BCUT2D eigenvalue weighted by molar-refractivity contribution is 7.89. The Balaban J connectivity index is 1.37. The molecule has 1 amide bonds. The van der Waals surface area contributed by atoms with E-state index in [0.29, 0.717) is 37.6 Å². The van der Waals surface area contributed by atoms with Crippen LogP contribution in [0, 0.1) is 0 Å². The fourth-order valence-corrected chi connectivity index (χ4v) is 5.88. The first-order valence-electron chi connectivity index (χ1n) is 9.56. The fourth-order valence-electron chi connectivity index (χ4n) is 4.15. The van der Waals surface area contributed by atoms with Crippen molar-refractivity contribution in [1.82, 2.24) is 9.21 Å². The van der Waals surface area contributed by atoms with E-state index in [2.05, 4.69) is 12.1 Å². The summed E-state index contributed by atoms with van der Waals surface area (Å²) in [4.78, 5) is 14.8. The van der Waals surface area contributed by atoms with Crippen molar-refractivity contribution in [2.75, 3.05) is 26.2 Å². The van der Waals surface area contributed by atoms with E-state index in [1.165, 1.54) is 21.5 Å². The van der Waals surface area contributed by atoms with Gasteiger partial charge < -0.3 is 4.90 Å². The molecule has 0 spiro atoms. The topological polar surface area (TPSA) is 57.7 Å². The van der Waals surface area contributed by atoms with Gasteiger partial charge in [0.2, 0.25) is 15.9 Å².